The van der Waals surface area contributed by atoms with Gasteiger partial charge in [-0.15, -0.1) is 0 Å². The molecule has 5 heteroatoms. The standard InChI is InChI=1S/C27H32BNO3/c1-24(2)23-21(30)13-19-18-7-5-14-11-17-16-12-15(28)6-8-20(16)29-22(17)26(14,4)25(18,3)9-10-27(19,31-23)32-24/h6,8,12-14,18,23,29H,5,7,9-11,28H2,1-4H3/t14-,18?,23-,25-,26+,27-/m0/s1. The fourth-order valence-electron chi connectivity index (χ4n) is 8.54. The van der Waals surface area contributed by atoms with Gasteiger partial charge >= 0.3 is 0 Å². The average molecular weight is 429 g/mol. The van der Waals surface area contributed by atoms with Crippen LogP contribution in [-0.4, -0.2) is 36.1 Å². The topological polar surface area (TPSA) is 51.3 Å². The number of hydrogen-bond donors (Lipinski definition) is 1. The molecule has 2 bridgehead atoms. The Kier molecular flexibility index (Phi) is 3.44. The summed E-state index contributed by atoms with van der Waals surface area (Å²) < 4.78 is 13.0. The van der Waals surface area contributed by atoms with Gasteiger partial charge in [-0.2, -0.15) is 0 Å². The van der Waals surface area contributed by atoms with Gasteiger partial charge in [0, 0.05) is 28.4 Å². The number of benzene rings is 1. The van der Waals surface area contributed by atoms with Gasteiger partial charge in [0.2, 0.25) is 0 Å². The zero-order valence-corrected chi connectivity index (χ0v) is 19.8. The number of carbonyl (C=O) groups is 1. The molecule has 4 nitrogen and oxygen atoms in total. The predicted molar refractivity (Wildman–Crippen MR) is 127 cm³/mol. The molecule has 1 aromatic carbocycles. The van der Waals surface area contributed by atoms with Crippen LogP contribution in [0.2, 0.25) is 0 Å². The van der Waals surface area contributed by atoms with Crippen molar-refractivity contribution in [3.8, 4) is 0 Å². The number of aromatic nitrogens is 1. The second-order valence-electron chi connectivity index (χ2n) is 12.1. The highest BCUT2D eigenvalue weighted by molar-refractivity contribution is 6.33. The summed E-state index contributed by atoms with van der Waals surface area (Å²) in [6.45, 7) is 9.00. The molecular weight excluding hydrogens is 397 g/mol. The van der Waals surface area contributed by atoms with Crippen molar-refractivity contribution >= 4 is 30.0 Å². The molecule has 1 N–H and O–H groups in total. The molecule has 3 heterocycles. The van der Waals surface area contributed by atoms with E-state index in [0.717, 1.165) is 31.3 Å². The van der Waals surface area contributed by atoms with Gasteiger partial charge < -0.3 is 14.5 Å². The van der Waals surface area contributed by atoms with Crippen molar-refractivity contribution in [1.29, 1.82) is 0 Å². The molecule has 3 aliphatic carbocycles. The van der Waals surface area contributed by atoms with Crippen molar-refractivity contribution in [2.75, 3.05) is 0 Å². The molecular formula is C27H32BNO3. The van der Waals surface area contributed by atoms with Crippen LogP contribution in [0.1, 0.15) is 64.6 Å². The van der Waals surface area contributed by atoms with Crippen LogP contribution < -0.4 is 5.46 Å². The average Bonchev–Trinajstić information content (AvgIpc) is 3.31. The lowest BCUT2D eigenvalue weighted by Gasteiger charge is -2.61. The molecule has 166 valence electrons. The molecule has 0 amide bonds. The highest BCUT2D eigenvalue weighted by Gasteiger charge is 2.69. The van der Waals surface area contributed by atoms with Crippen LogP contribution >= 0.6 is 0 Å². The Morgan fingerprint density at radius 3 is 2.75 bits per heavy atom. The minimum absolute atomic E-state index is 0.0502. The van der Waals surface area contributed by atoms with E-state index >= 15 is 0 Å². The summed E-state index contributed by atoms with van der Waals surface area (Å²) in [6.07, 6.45) is 6.78. The second-order valence-corrected chi connectivity index (χ2v) is 12.1. The lowest BCUT2D eigenvalue weighted by atomic mass is 9.44. The monoisotopic (exact) mass is 429 g/mol. The Labute approximate surface area is 190 Å². The number of ketones is 1. The quantitative estimate of drug-likeness (QED) is 0.653. The first-order valence-corrected chi connectivity index (χ1v) is 12.3. The Bertz CT molecular complexity index is 1240. The molecule has 1 saturated heterocycles. The molecule has 32 heavy (non-hydrogen) atoms. The van der Waals surface area contributed by atoms with Gasteiger partial charge in [0.05, 0.1) is 0 Å². The number of nitrogens with one attached hydrogen (secondary N) is 1. The van der Waals surface area contributed by atoms with Crippen molar-refractivity contribution in [2.45, 2.75) is 82.7 Å². The van der Waals surface area contributed by atoms with E-state index in [1.165, 1.54) is 34.0 Å². The summed E-state index contributed by atoms with van der Waals surface area (Å²) in [5.74, 6) is 0.325. The predicted octanol–water partition coefficient (Wildman–Crippen LogP) is 3.47. The maximum Gasteiger partial charge on any atom is 0.193 e. The third-order valence-electron chi connectivity index (χ3n) is 10.3. The molecule has 1 spiro atoms. The number of hydrogen-bond acceptors (Lipinski definition) is 3. The second kappa shape index (κ2) is 5.62. The summed E-state index contributed by atoms with van der Waals surface area (Å²) in [6, 6.07) is 6.80. The zero-order chi connectivity index (χ0) is 22.3. The first-order chi connectivity index (χ1) is 15.1. The number of aromatic amines is 1. The summed E-state index contributed by atoms with van der Waals surface area (Å²) in [7, 11) is 2.18. The lowest BCUT2D eigenvalue weighted by Crippen LogP contribution is -2.60. The minimum Gasteiger partial charge on any atom is -0.358 e. The minimum atomic E-state index is -0.700. The maximum absolute atomic E-state index is 13.1. The number of carbonyl (C=O) groups excluding carboxylic acids is 1. The van der Waals surface area contributed by atoms with E-state index in [2.05, 4.69) is 44.9 Å². The maximum atomic E-state index is 13.1. The van der Waals surface area contributed by atoms with E-state index in [4.69, 9.17) is 9.47 Å². The van der Waals surface area contributed by atoms with Gasteiger partial charge in [-0.25, -0.2) is 0 Å². The van der Waals surface area contributed by atoms with E-state index < -0.39 is 17.5 Å². The number of ether oxygens (including phenoxy) is 2. The Hall–Kier alpha value is -1.85. The third-order valence-corrected chi connectivity index (χ3v) is 10.3. The summed E-state index contributed by atoms with van der Waals surface area (Å²) in [5, 5.41) is 1.40. The first-order valence-electron chi connectivity index (χ1n) is 12.3. The van der Waals surface area contributed by atoms with Crippen LogP contribution in [0.4, 0.5) is 0 Å². The van der Waals surface area contributed by atoms with E-state index in [9.17, 15) is 4.79 Å². The highest BCUT2D eigenvalue weighted by Crippen LogP contribution is 2.70. The zero-order valence-electron chi connectivity index (χ0n) is 19.8. The molecule has 2 aliphatic heterocycles. The Morgan fingerprint density at radius 1 is 1.12 bits per heavy atom. The van der Waals surface area contributed by atoms with E-state index in [1.54, 1.807) is 0 Å². The van der Waals surface area contributed by atoms with Crippen molar-refractivity contribution < 1.29 is 14.3 Å². The van der Waals surface area contributed by atoms with Crippen LogP contribution in [0.25, 0.3) is 10.9 Å². The van der Waals surface area contributed by atoms with Gasteiger partial charge in [-0.3, -0.25) is 4.79 Å². The van der Waals surface area contributed by atoms with Crippen LogP contribution in [0, 0.1) is 17.3 Å². The summed E-state index contributed by atoms with van der Waals surface area (Å²) in [5.41, 5.74) is 6.22. The highest BCUT2D eigenvalue weighted by atomic mass is 16.8. The van der Waals surface area contributed by atoms with Crippen LogP contribution in [0.5, 0.6) is 0 Å². The fourth-order valence-corrected chi connectivity index (χ4v) is 8.54. The van der Waals surface area contributed by atoms with Crippen LogP contribution in [0.15, 0.2) is 29.8 Å². The molecule has 2 aromatic rings. The normalized spacial score (nSPS) is 43.4. The molecule has 5 aliphatic rings. The van der Waals surface area contributed by atoms with Crippen molar-refractivity contribution in [3.05, 3.63) is 41.1 Å². The number of H-pyrrole nitrogens is 1. The fraction of sp³-hybridized carbons (Fsp3) is 0.593. The number of fused-ring (bicyclic) bond motifs is 9. The van der Waals surface area contributed by atoms with Gasteiger partial charge in [0.25, 0.3) is 0 Å². The van der Waals surface area contributed by atoms with Crippen molar-refractivity contribution in [3.63, 3.8) is 0 Å². The first kappa shape index (κ1) is 19.6. The summed E-state index contributed by atoms with van der Waals surface area (Å²) >= 11 is 0. The number of rotatable bonds is 0. The van der Waals surface area contributed by atoms with E-state index in [0.29, 0.717) is 11.8 Å². The van der Waals surface area contributed by atoms with Gasteiger partial charge in [0.1, 0.15) is 13.4 Å². The summed E-state index contributed by atoms with van der Waals surface area (Å²) in [4.78, 5) is 16.9. The molecule has 3 fully saturated rings. The molecule has 1 unspecified atom stereocenters. The third kappa shape index (κ3) is 2.03. The molecule has 7 rings (SSSR count). The van der Waals surface area contributed by atoms with Gasteiger partial charge in [0.15, 0.2) is 17.7 Å². The van der Waals surface area contributed by atoms with E-state index in [-0.39, 0.29) is 16.6 Å². The van der Waals surface area contributed by atoms with Gasteiger partial charge in [-0.05, 0) is 80.1 Å². The lowest BCUT2D eigenvalue weighted by molar-refractivity contribution is -0.205. The van der Waals surface area contributed by atoms with Crippen molar-refractivity contribution in [1.82, 2.24) is 4.98 Å². The van der Waals surface area contributed by atoms with Gasteiger partial charge in [-0.1, -0.05) is 31.4 Å². The largest absolute Gasteiger partial charge is 0.358 e. The molecule has 2 saturated carbocycles. The molecule has 0 radical (unpaired) electrons. The Balaban J connectivity index is 1.39. The SMILES string of the molecule is Bc1ccc2[nH]c3c(c2c1)C[C@@H]1CCC2C4=CC(=O)[C@@H]5O[C@@]4(CC[C@]2(C)[C@@]31C)OC5(C)C. The van der Waals surface area contributed by atoms with Crippen molar-refractivity contribution in [2.24, 2.45) is 17.3 Å². The van der Waals surface area contributed by atoms with Crippen LogP contribution in [0.3, 0.4) is 0 Å². The smallest absolute Gasteiger partial charge is 0.193 e. The molecule has 6 atom stereocenters. The van der Waals surface area contributed by atoms with E-state index in [1.807, 2.05) is 19.9 Å². The molecule has 1 aromatic heterocycles. The van der Waals surface area contributed by atoms with Crippen LogP contribution in [-0.2, 0) is 26.1 Å². The Morgan fingerprint density at radius 2 is 1.94 bits per heavy atom.